The molecule has 1 aromatic carbocycles. The predicted octanol–water partition coefficient (Wildman–Crippen LogP) is 3.61. The van der Waals surface area contributed by atoms with Crippen molar-refractivity contribution >= 4 is 5.91 Å². The second kappa shape index (κ2) is 7.79. The van der Waals surface area contributed by atoms with Crippen molar-refractivity contribution in [1.82, 2.24) is 10.3 Å². The van der Waals surface area contributed by atoms with Crippen LogP contribution in [-0.2, 0) is 16.0 Å². The summed E-state index contributed by atoms with van der Waals surface area (Å²) in [7, 11) is 0. The largest absolute Gasteiger partial charge is 0.381 e. The number of benzene rings is 1. The Morgan fingerprint density at radius 2 is 1.84 bits per heavy atom. The summed E-state index contributed by atoms with van der Waals surface area (Å²) in [5.41, 5.74) is 3.12. The van der Waals surface area contributed by atoms with E-state index in [1.165, 1.54) is 11.1 Å². The van der Waals surface area contributed by atoms with Gasteiger partial charge in [0.25, 0.3) is 0 Å². The Kier molecular flexibility index (Phi) is 5.49. The molecule has 0 spiro atoms. The van der Waals surface area contributed by atoms with E-state index < -0.39 is 5.41 Å². The molecule has 0 bridgehead atoms. The van der Waals surface area contributed by atoms with E-state index in [-0.39, 0.29) is 11.9 Å². The Bertz CT molecular complexity index is 707. The molecule has 1 amide bonds. The normalized spacial score (nSPS) is 16.6. The second-order valence-electron chi connectivity index (χ2n) is 7.09. The summed E-state index contributed by atoms with van der Waals surface area (Å²) in [4.78, 5) is 17.1. The fraction of sp³-hybridized carbons (Fsp3) is 0.429. The summed E-state index contributed by atoms with van der Waals surface area (Å²) < 4.78 is 5.54. The third kappa shape index (κ3) is 4.07. The van der Waals surface area contributed by atoms with Crippen molar-refractivity contribution in [3.8, 4) is 11.1 Å². The average molecular weight is 338 g/mol. The Hall–Kier alpha value is -2.20. The van der Waals surface area contributed by atoms with Gasteiger partial charge >= 0.3 is 0 Å². The zero-order valence-corrected chi connectivity index (χ0v) is 15.0. The summed E-state index contributed by atoms with van der Waals surface area (Å²) >= 11 is 0. The third-order valence-corrected chi connectivity index (χ3v) is 4.89. The molecule has 4 nitrogen and oxygen atoms in total. The van der Waals surface area contributed by atoms with E-state index in [2.05, 4.69) is 22.4 Å². The van der Waals surface area contributed by atoms with E-state index in [0.29, 0.717) is 13.2 Å². The lowest BCUT2D eigenvalue weighted by Crippen LogP contribution is -2.48. The standard InChI is InChI=1S/C21H26N2O2/c1-16(2)23-20(24)21(9-13-25-14-10-21)15-18-5-3-4-6-19(18)17-7-11-22-12-8-17/h3-8,11-12,16H,9-10,13-15H2,1-2H3,(H,23,24). The highest BCUT2D eigenvalue weighted by Gasteiger charge is 2.40. The number of aromatic nitrogens is 1. The van der Waals surface area contributed by atoms with Gasteiger partial charge in [0, 0.05) is 31.6 Å². The smallest absolute Gasteiger partial charge is 0.226 e. The molecule has 0 atom stereocenters. The van der Waals surface area contributed by atoms with Crippen LogP contribution in [0.2, 0.25) is 0 Å². The van der Waals surface area contributed by atoms with Gasteiger partial charge < -0.3 is 10.1 Å². The molecule has 2 aromatic rings. The van der Waals surface area contributed by atoms with Gasteiger partial charge in [-0.15, -0.1) is 0 Å². The predicted molar refractivity (Wildman–Crippen MR) is 99.1 cm³/mol. The highest BCUT2D eigenvalue weighted by atomic mass is 16.5. The van der Waals surface area contributed by atoms with Gasteiger partial charge in [-0.1, -0.05) is 24.3 Å². The highest BCUT2D eigenvalue weighted by molar-refractivity contribution is 5.84. The van der Waals surface area contributed by atoms with Gasteiger partial charge in [-0.25, -0.2) is 0 Å². The molecule has 3 rings (SSSR count). The van der Waals surface area contributed by atoms with E-state index in [9.17, 15) is 4.79 Å². The zero-order valence-electron chi connectivity index (χ0n) is 15.0. The van der Waals surface area contributed by atoms with Crippen LogP contribution in [0.4, 0.5) is 0 Å². The van der Waals surface area contributed by atoms with Crippen LogP contribution in [0.1, 0.15) is 32.3 Å². The topological polar surface area (TPSA) is 51.2 Å². The van der Waals surface area contributed by atoms with Crippen LogP contribution < -0.4 is 5.32 Å². The van der Waals surface area contributed by atoms with Gasteiger partial charge in [0.1, 0.15) is 0 Å². The Labute approximate surface area is 149 Å². The molecule has 1 aliphatic heterocycles. The molecular formula is C21H26N2O2. The average Bonchev–Trinajstić information content (AvgIpc) is 2.63. The third-order valence-electron chi connectivity index (χ3n) is 4.89. The molecule has 25 heavy (non-hydrogen) atoms. The molecule has 2 heterocycles. The summed E-state index contributed by atoms with van der Waals surface area (Å²) in [6.45, 7) is 5.30. The first kappa shape index (κ1) is 17.6. The number of hydrogen-bond donors (Lipinski definition) is 1. The number of rotatable bonds is 5. The summed E-state index contributed by atoms with van der Waals surface area (Å²) in [5, 5.41) is 3.13. The van der Waals surface area contributed by atoms with Gasteiger partial charge in [-0.05, 0) is 61.9 Å². The van der Waals surface area contributed by atoms with Gasteiger partial charge in [0.05, 0.1) is 5.41 Å². The highest BCUT2D eigenvalue weighted by Crippen LogP contribution is 2.37. The summed E-state index contributed by atoms with van der Waals surface area (Å²) in [6.07, 6.45) is 5.86. The first-order valence-electron chi connectivity index (χ1n) is 8.98. The van der Waals surface area contributed by atoms with Crippen LogP contribution in [0.25, 0.3) is 11.1 Å². The molecule has 4 heteroatoms. The van der Waals surface area contributed by atoms with Gasteiger partial charge in [-0.3, -0.25) is 9.78 Å². The molecule has 132 valence electrons. The monoisotopic (exact) mass is 338 g/mol. The van der Waals surface area contributed by atoms with E-state index in [0.717, 1.165) is 24.8 Å². The zero-order chi connectivity index (χ0) is 17.7. The lowest BCUT2D eigenvalue weighted by atomic mass is 9.73. The first-order chi connectivity index (χ1) is 12.1. The summed E-state index contributed by atoms with van der Waals surface area (Å²) in [6, 6.07) is 12.5. The van der Waals surface area contributed by atoms with Crippen LogP contribution in [0.3, 0.4) is 0 Å². The molecule has 1 fully saturated rings. The van der Waals surface area contributed by atoms with Crippen LogP contribution in [0.15, 0.2) is 48.8 Å². The van der Waals surface area contributed by atoms with Crippen molar-refractivity contribution in [2.45, 2.75) is 39.2 Å². The molecule has 1 aromatic heterocycles. The number of amides is 1. The molecule has 0 saturated carbocycles. The van der Waals surface area contributed by atoms with E-state index in [1.54, 1.807) is 0 Å². The van der Waals surface area contributed by atoms with Gasteiger partial charge in [-0.2, -0.15) is 0 Å². The number of nitrogens with zero attached hydrogens (tertiary/aromatic N) is 1. The lowest BCUT2D eigenvalue weighted by molar-refractivity contribution is -0.137. The molecule has 1 N–H and O–H groups in total. The minimum absolute atomic E-state index is 0.141. The van der Waals surface area contributed by atoms with Crippen molar-refractivity contribution in [3.63, 3.8) is 0 Å². The molecule has 0 unspecified atom stereocenters. The van der Waals surface area contributed by atoms with Gasteiger partial charge in [0.15, 0.2) is 0 Å². The Balaban J connectivity index is 1.94. The van der Waals surface area contributed by atoms with Crippen molar-refractivity contribution in [2.24, 2.45) is 5.41 Å². The van der Waals surface area contributed by atoms with Crippen LogP contribution in [0, 0.1) is 5.41 Å². The van der Waals surface area contributed by atoms with Crippen molar-refractivity contribution in [3.05, 3.63) is 54.4 Å². The Morgan fingerprint density at radius 1 is 1.16 bits per heavy atom. The van der Waals surface area contributed by atoms with Crippen molar-refractivity contribution in [1.29, 1.82) is 0 Å². The number of carbonyl (C=O) groups excluding carboxylic acids is 1. The number of ether oxygens (including phenoxy) is 1. The maximum absolute atomic E-state index is 13.0. The maximum atomic E-state index is 13.0. The SMILES string of the molecule is CC(C)NC(=O)C1(Cc2ccccc2-c2ccncc2)CCOCC1. The minimum atomic E-state index is -0.397. The first-order valence-corrected chi connectivity index (χ1v) is 8.98. The number of nitrogens with one attached hydrogen (secondary N) is 1. The van der Waals surface area contributed by atoms with E-state index in [4.69, 9.17) is 4.74 Å². The molecule has 1 aliphatic rings. The molecular weight excluding hydrogens is 312 g/mol. The van der Waals surface area contributed by atoms with Crippen LogP contribution in [-0.4, -0.2) is 30.1 Å². The molecule has 1 saturated heterocycles. The summed E-state index contributed by atoms with van der Waals surface area (Å²) in [5.74, 6) is 0.148. The fourth-order valence-corrected chi connectivity index (χ4v) is 3.51. The van der Waals surface area contributed by atoms with Gasteiger partial charge in [0.2, 0.25) is 5.91 Å². The van der Waals surface area contributed by atoms with Crippen molar-refractivity contribution in [2.75, 3.05) is 13.2 Å². The number of pyridine rings is 1. The maximum Gasteiger partial charge on any atom is 0.226 e. The minimum Gasteiger partial charge on any atom is -0.381 e. The van der Waals surface area contributed by atoms with Crippen LogP contribution >= 0.6 is 0 Å². The number of carbonyl (C=O) groups is 1. The fourth-order valence-electron chi connectivity index (χ4n) is 3.51. The molecule has 0 radical (unpaired) electrons. The molecule has 0 aliphatic carbocycles. The van der Waals surface area contributed by atoms with Crippen molar-refractivity contribution < 1.29 is 9.53 Å². The quantitative estimate of drug-likeness (QED) is 0.906. The van der Waals surface area contributed by atoms with Crippen LogP contribution in [0.5, 0.6) is 0 Å². The number of hydrogen-bond acceptors (Lipinski definition) is 3. The van der Waals surface area contributed by atoms with E-state index >= 15 is 0 Å². The Morgan fingerprint density at radius 3 is 2.52 bits per heavy atom. The van der Waals surface area contributed by atoms with E-state index in [1.807, 2.05) is 50.5 Å². The lowest BCUT2D eigenvalue weighted by Gasteiger charge is -2.37. The second-order valence-corrected chi connectivity index (χ2v) is 7.09.